The first-order valence-electron chi connectivity index (χ1n) is 9.99. The molecule has 1 amide bonds. The summed E-state index contributed by atoms with van der Waals surface area (Å²) in [5, 5.41) is 9.87. The summed E-state index contributed by atoms with van der Waals surface area (Å²) in [5.74, 6) is 0.813. The van der Waals surface area contributed by atoms with Crippen LogP contribution in [0, 0.1) is 0 Å². The van der Waals surface area contributed by atoms with Crippen LogP contribution in [0.15, 0.2) is 29.2 Å². The molecule has 2 aliphatic heterocycles. The van der Waals surface area contributed by atoms with Crippen molar-refractivity contribution in [2.75, 3.05) is 13.1 Å². The molecular formula is C20H24N6O2. The van der Waals surface area contributed by atoms with Crippen molar-refractivity contribution in [1.82, 2.24) is 29.0 Å². The van der Waals surface area contributed by atoms with Crippen molar-refractivity contribution in [3.63, 3.8) is 0 Å². The number of aryl methyl sites for hydroxylation is 2. The van der Waals surface area contributed by atoms with Crippen LogP contribution >= 0.6 is 0 Å². The first kappa shape index (κ1) is 17.2. The molecule has 8 nitrogen and oxygen atoms in total. The minimum absolute atomic E-state index is 0.0804. The lowest BCUT2D eigenvalue weighted by molar-refractivity contribution is -0.134. The molecule has 1 saturated heterocycles. The van der Waals surface area contributed by atoms with Gasteiger partial charge in [-0.3, -0.25) is 14.0 Å². The number of amides is 1. The number of fused-ring (bicyclic) bond motifs is 2. The molecule has 0 aliphatic carbocycles. The fraction of sp³-hybridized carbons (Fsp3) is 0.500. The van der Waals surface area contributed by atoms with Gasteiger partial charge in [-0.25, -0.2) is 9.48 Å². The third kappa shape index (κ3) is 2.75. The maximum absolute atomic E-state index is 13.1. The summed E-state index contributed by atoms with van der Waals surface area (Å²) in [6.45, 7) is 2.01. The average molecular weight is 380 g/mol. The minimum Gasteiger partial charge on any atom is -0.341 e. The summed E-state index contributed by atoms with van der Waals surface area (Å²) in [4.78, 5) is 27.9. The van der Waals surface area contributed by atoms with Crippen LogP contribution in [0.2, 0.25) is 0 Å². The van der Waals surface area contributed by atoms with E-state index >= 15 is 0 Å². The molecule has 3 aromatic rings. The third-order valence-corrected chi connectivity index (χ3v) is 5.98. The first-order valence-corrected chi connectivity index (χ1v) is 9.99. The number of hydrogen-bond donors (Lipinski definition) is 0. The zero-order valence-electron chi connectivity index (χ0n) is 16.0. The van der Waals surface area contributed by atoms with Crippen molar-refractivity contribution in [2.24, 2.45) is 7.05 Å². The highest BCUT2D eigenvalue weighted by Crippen LogP contribution is 2.25. The Labute approximate surface area is 162 Å². The van der Waals surface area contributed by atoms with Crippen LogP contribution in [0.3, 0.4) is 0 Å². The lowest BCUT2D eigenvalue weighted by Gasteiger charge is -2.27. The van der Waals surface area contributed by atoms with E-state index in [1.54, 1.807) is 4.57 Å². The van der Waals surface area contributed by atoms with Gasteiger partial charge in [0.25, 0.3) is 0 Å². The van der Waals surface area contributed by atoms with Crippen LogP contribution in [-0.2, 0) is 24.8 Å². The Morgan fingerprint density at radius 2 is 2.04 bits per heavy atom. The van der Waals surface area contributed by atoms with Gasteiger partial charge < -0.3 is 4.90 Å². The van der Waals surface area contributed by atoms with Crippen molar-refractivity contribution in [3.8, 4) is 0 Å². The molecule has 146 valence electrons. The van der Waals surface area contributed by atoms with Crippen LogP contribution in [0.1, 0.15) is 43.1 Å². The maximum atomic E-state index is 13.1. The van der Waals surface area contributed by atoms with Gasteiger partial charge in [0, 0.05) is 31.9 Å². The van der Waals surface area contributed by atoms with Gasteiger partial charge in [-0.2, -0.15) is 10.2 Å². The number of hydrogen-bond acceptors (Lipinski definition) is 4. The monoisotopic (exact) mass is 380 g/mol. The Kier molecular flexibility index (Phi) is 4.07. The van der Waals surface area contributed by atoms with Crippen LogP contribution in [0.4, 0.5) is 0 Å². The van der Waals surface area contributed by atoms with Crippen molar-refractivity contribution in [2.45, 2.75) is 44.7 Å². The second-order valence-electron chi connectivity index (χ2n) is 7.83. The van der Waals surface area contributed by atoms with E-state index in [-0.39, 0.29) is 11.6 Å². The normalized spacial score (nSPS) is 19.3. The highest BCUT2D eigenvalue weighted by atomic mass is 16.2. The van der Waals surface area contributed by atoms with E-state index < -0.39 is 6.04 Å². The molecule has 8 heteroatoms. The summed E-state index contributed by atoms with van der Waals surface area (Å²) in [6, 6.07) is 5.66. The Morgan fingerprint density at radius 1 is 1.21 bits per heavy atom. The lowest BCUT2D eigenvalue weighted by atomic mass is 10.0. The number of aromatic nitrogens is 5. The second kappa shape index (κ2) is 6.61. The highest BCUT2D eigenvalue weighted by Gasteiger charge is 2.34. The summed E-state index contributed by atoms with van der Waals surface area (Å²) in [7, 11) is 1.91. The summed E-state index contributed by atoms with van der Waals surface area (Å²) in [6.07, 6.45) is 6.28. The molecule has 1 fully saturated rings. The quantitative estimate of drug-likeness (QED) is 0.690. The first-order chi connectivity index (χ1) is 13.6. The fourth-order valence-electron chi connectivity index (χ4n) is 4.50. The van der Waals surface area contributed by atoms with Gasteiger partial charge in [0.1, 0.15) is 11.9 Å². The maximum Gasteiger partial charge on any atom is 0.346 e. The van der Waals surface area contributed by atoms with Crippen molar-refractivity contribution in [3.05, 3.63) is 46.3 Å². The Balaban J connectivity index is 1.46. The predicted molar refractivity (Wildman–Crippen MR) is 104 cm³/mol. The van der Waals surface area contributed by atoms with E-state index in [1.807, 2.05) is 41.0 Å². The van der Waals surface area contributed by atoms with Gasteiger partial charge in [0.05, 0.1) is 18.3 Å². The summed E-state index contributed by atoms with van der Waals surface area (Å²) >= 11 is 0. The van der Waals surface area contributed by atoms with Gasteiger partial charge in [-0.1, -0.05) is 6.07 Å². The predicted octanol–water partition coefficient (Wildman–Crippen LogP) is 1.48. The van der Waals surface area contributed by atoms with E-state index in [1.165, 1.54) is 4.68 Å². The molecule has 2 aromatic heterocycles. The molecule has 4 heterocycles. The van der Waals surface area contributed by atoms with Crippen LogP contribution in [0.5, 0.6) is 0 Å². The Morgan fingerprint density at radius 3 is 2.86 bits per heavy atom. The molecule has 1 atom stereocenters. The molecule has 0 saturated carbocycles. The van der Waals surface area contributed by atoms with Crippen molar-refractivity contribution in [1.29, 1.82) is 0 Å². The molecule has 5 rings (SSSR count). The molecule has 0 N–H and O–H groups in total. The van der Waals surface area contributed by atoms with Crippen LogP contribution in [0.25, 0.3) is 10.9 Å². The van der Waals surface area contributed by atoms with Gasteiger partial charge in [0.2, 0.25) is 5.91 Å². The molecule has 2 aliphatic rings. The van der Waals surface area contributed by atoms with Gasteiger partial charge >= 0.3 is 5.69 Å². The van der Waals surface area contributed by atoms with Crippen molar-refractivity contribution >= 4 is 16.8 Å². The number of carbonyl (C=O) groups is 1. The standard InChI is InChI=1S/C20H24N6O2/c1-23-16-8-7-14(11-15(16)12-21-23)13-25-20(28)26-17(5-4-6-18(26)22-25)19(27)24-9-2-3-10-24/h7-8,11-12,17H,2-6,9-10,13H2,1H3/t17-/m1/s1. The fourth-order valence-corrected chi connectivity index (χ4v) is 4.50. The molecule has 28 heavy (non-hydrogen) atoms. The number of carbonyl (C=O) groups excluding carboxylic acids is 1. The van der Waals surface area contributed by atoms with Crippen molar-refractivity contribution < 1.29 is 4.79 Å². The molecule has 0 spiro atoms. The summed E-state index contributed by atoms with van der Waals surface area (Å²) < 4.78 is 4.98. The number of likely N-dealkylation sites (tertiary alicyclic amines) is 1. The van der Waals surface area contributed by atoms with E-state index in [0.29, 0.717) is 6.54 Å². The molecule has 0 radical (unpaired) electrons. The zero-order chi connectivity index (χ0) is 19.3. The van der Waals surface area contributed by atoms with Gasteiger partial charge in [-0.05, 0) is 43.4 Å². The number of benzene rings is 1. The molecule has 0 bridgehead atoms. The number of nitrogens with zero attached hydrogens (tertiary/aromatic N) is 6. The number of rotatable bonds is 3. The largest absolute Gasteiger partial charge is 0.346 e. The second-order valence-corrected chi connectivity index (χ2v) is 7.83. The van der Waals surface area contributed by atoms with E-state index in [2.05, 4.69) is 10.2 Å². The topological polar surface area (TPSA) is 78.0 Å². The lowest BCUT2D eigenvalue weighted by Crippen LogP contribution is -2.41. The van der Waals surface area contributed by atoms with Crippen LogP contribution < -0.4 is 5.69 Å². The zero-order valence-corrected chi connectivity index (χ0v) is 16.0. The van der Waals surface area contributed by atoms with Gasteiger partial charge in [0.15, 0.2) is 0 Å². The third-order valence-electron chi connectivity index (χ3n) is 5.98. The van der Waals surface area contributed by atoms with E-state index in [4.69, 9.17) is 0 Å². The minimum atomic E-state index is -0.399. The molecular weight excluding hydrogens is 356 g/mol. The Bertz CT molecular complexity index is 1100. The van der Waals surface area contributed by atoms with Gasteiger partial charge in [-0.15, -0.1) is 0 Å². The highest BCUT2D eigenvalue weighted by molar-refractivity contribution is 5.81. The Hall–Kier alpha value is -2.90. The smallest absolute Gasteiger partial charge is 0.341 e. The van der Waals surface area contributed by atoms with E-state index in [9.17, 15) is 9.59 Å². The SMILES string of the molecule is Cn1ncc2cc(Cn3nc4n(c3=O)[C@@H](C(=O)N3CCCC3)CCC4)ccc21. The molecule has 1 aromatic carbocycles. The van der Waals surface area contributed by atoms with Crippen LogP contribution in [-0.4, -0.2) is 48.0 Å². The molecule has 0 unspecified atom stereocenters. The average Bonchev–Trinajstić information content (AvgIpc) is 3.42. The van der Waals surface area contributed by atoms with E-state index in [0.717, 1.165) is 67.5 Å². The summed E-state index contributed by atoms with van der Waals surface area (Å²) in [5.41, 5.74) is 1.87.